The minimum Gasteiger partial charge on any atom is -0.316 e. The predicted molar refractivity (Wildman–Crippen MR) is 150 cm³/mol. The minimum atomic E-state index is -0.258. The lowest BCUT2D eigenvalue weighted by Crippen LogP contribution is -2.04. The van der Waals surface area contributed by atoms with Crippen LogP contribution in [0.4, 0.5) is 0 Å². The van der Waals surface area contributed by atoms with Crippen LogP contribution >= 0.6 is 0 Å². The number of allylic oxidation sites excluding steroid dienone is 1. The van der Waals surface area contributed by atoms with Crippen LogP contribution in [0.15, 0.2) is 115 Å². The van der Waals surface area contributed by atoms with Gasteiger partial charge in [-0.2, -0.15) is 5.11 Å². The maximum Gasteiger partial charge on any atom is 0.100 e. The van der Waals surface area contributed by atoms with Crippen molar-refractivity contribution in [1.82, 2.24) is 4.57 Å². The van der Waals surface area contributed by atoms with E-state index < -0.39 is 0 Å². The van der Waals surface area contributed by atoms with Gasteiger partial charge in [0.2, 0.25) is 0 Å². The fourth-order valence-corrected chi connectivity index (χ4v) is 5.20. The van der Waals surface area contributed by atoms with Crippen LogP contribution in [-0.2, 0) is 12.8 Å². The zero-order valence-electron chi connectivity index (χ0n) is 20.9. The molecule has 0 aliphatic rings. The van der Waals surface area contributed by atoms with Crippen LogP contribution in [0.25, 0.3) is 22.2 Å². The summed E-state index contributed by atoms with van der Waals surface area (Å²) >= 11 is 0. The molecule has 0 fully saturated rings. The summed E-state index contributed by atoms with van der Waals surface area (Å²) in [6.45, 7) is 8.70. The number of para-hydroxylation sites is 1. The molecule has 0 bridgehead atoms. The van der Waals surface area contributed by atoms with Gasteiger partial charge in [0.1, 0.15) is 6.04 Å². The second-order valence-corrected chi connectivity index (χ2v) is 9.52. The molecule has 5 aromatic rings. The highest BCUT2D eigenvalue weighted by molar-refractivity contribution is 5.83. The molecule has 1 unspecified atom stereocenters. The number of fused-ring (bicyclic) bond motifs is 1. The molecule has 0 aliphatic heterocycles. The normalized spacial score (nSPS) is 11.9. The molecule has 1 atom stereocenters. The average Bonchev–Trinajstić information content (AvgIpc) is 3.30. The topological polar surface area (TPSA) is 41.1 Å². The quantitative estimate of drug-likeness (QED) is 0.221. The average molecular weight is 470 g/mol. The van der Waals surface area contributed by atoms with Crippen molar-refractivity contribution in [3.8, 4) is 5.69 Å². The number of hydrogen-bond donors (Lipinski definition) is 1. The largest absolute Gasteiger partial charge is 0.316 e. The van der Waals surface area contributed by atoms with Gasteiger partial charge in [-0.1, -0.05) is 85.4 Å². The van der Waals surface area contributed by atoms with Gasteiger partial charge in [-0.05, 0) is 77.4 Å². The summed E-state index contributed by atoms with van der Waals surface area (Å²) in [6, 6.07) is 33.6. The van der Waals surface area contributed by atoms with Crippen LogP contribution in [0.5, 0.6) is 0 Å². The van der Waals surface area contributed by atoms with Crippen molar-refractivity contribution < 1.29 is 0 Å². The Hall–Kier alpha value is -4.24. The molecule has 0 radical (unpaired) electrons. The zero-order valence-corrected chi connectivity index (χ0v) is 20.9. The molecule has 5 rings (SSSR count). The maximum absolute atomic E-state index is 8.02. The highest BCUT2D eigenvalue weighted by Crippen LogP contribution is 2.32. The first-order valence-corrected chi connectivity index (χ1v) is 12.4. The highest BCUT2D eigenvalue weighted by Gasteiger charge is 2.18. The summed E-state index contributed by atoms with van der Waals surface area (Å²) in [5.41, 5.74) is 18.6. The van der Waals surface area contributed by atoms with Crippen molar-refractivity contribution in [2.45, 2.75) is 32.7 Å². The van der Waals surface area contributed by atoms with Crippen LogP contribution < -0.4 is 0 Å². The molecule has 3 heteroatoms. The van der Waals surface area contributed by atoms with Crippen molar-refractivity contribution in [3.05, 3.63) is 143 Å². The first-order valence-electron chi connectivity index (χ1n) is 12.4. The van der Waals surface area contributed by atoms with E-state index in [0.717, 1.165) is 23.1 Å². The molecule has 36 heavy (non-hydrogen) atoms. The van der Waals surface area contributed by atoms with Crippen LogP contribution in [0.2, 0.25) is 0 Å². The molecule has 3 nitrogen and oxygen atoms in total. The Labute approximate surface area is 213 Å². The molecule has 4 aromatic carbocycles. The van der Waals surface area contributed by atoms with Gasteiger partial charge in [-0.3, -0.25) is 0 Å². The molecule has 0 aliphatic carbocycles. The number of benzene rings is 4. The van der Waals surface area contributed by atoms with Crippen LogP contribution in [0.3, 0.4) is 0 Å². The van der Waals surface area contributed by atoms with Gasteiger partial charge >= 0.3 is 0 Å². The predicted octanol–water partition coefficient (Wildman–Crippen LogP) is 8.82. The van der Waals surface area contributed by atoms with Crippen molar-refractivity contribution in [3.63, 3.8) is 0 Å². The molecular formula is C33H31N3. The van der Waals surface area contributed by atoms with Gasteiger partial charge in [-0.15, -0.1) is 0 Å². The van der Waals surface area contributed by atoms with Gasteiger partial charge < -0.3 is 4.57 Å². The highest BCUT2D eigenvalue weighted by atomic mass is 15.0. The Morgan fingerprint density at radius 2 is 1.56 bits per heavy atom. The Bertz CT molecular complexity index is 1520. The van der Waals surface area contributed by atoms with Gasteiger partial charge in [0.05, 0.1) is 11.2 Å². The van der Waals surface area contributed by atoms with E-state index in [-0.39, 0.29) is 6.04 Å². The van der Waals surface area contributed by atoms with E-state index in [9.17, 15) is 0 Å². The molecule has 0 spiro atoms. The van der Waals surface area contributed by atoms with Crippen molar-refractivity contribution in [2.24, 2.45) is 5.11 Å². The van der Waals surface area contributed by atoms with Crippen LogP contribution in [0, 0.1) is 19.4 Å². The number of hydrogen-bond acceptors (Lipinski definition) is 2. The van der Waals surface area contributed by atoms with Crippen LogP contribution in [-0.4, -0.2) is 4.57 Å². The molecular weight excluding hydrogens is 438 g/mol. The van der Waals surface area contributed by atoms with E-state index in [4.69, 9.17) is 5.53 Å². The summed E-state index contributed by atoms with van der Waals surface area (Å²) in [5, 5.41) is 5.26. The molecule has 0 amide bonds. The second kappa shape index (κ2) is 10.2. The Morgan fingerprint density at radius 1 is 0.833 bits per heavy atom. The number of nitrogens with one attached hydrogen (secondary N) is 1. The second-order valence-electron chi connectivity index (χ2n) is 9.52. The SMILES string of the molecule is C=C(Cc1ccccc1)c1ccccc1C(Cc1ccc2c(ccn2-c2c(C)cccc2C)c1)N=N. The number of aromatic nitrogens is 1. The van der Waals surface area contributed by atoms with Crippen LogP contribution in [0.1, 0.15) is 39.4 Å². The Kier molecular flexibility index (Phi) is 6.64. The van der Waals surface area contributed by atoms with Gasteiger partial charge in [0.25, 0.3) is 0 Å². The monoisotopic (exact) mass is 469 g/mol. The number of rotatable bonds is 8. The number of nitrogens with zero attached hydrogens (tertiary/aromatic N) is 2. The third kappa shape index (κ3) is 4.65. The smallest absolute Gasteiger partial charge is 0.100 e. The summed E-state index contributed by atoms with van der Waals surface area (Å²) in [4.78, 5) is 0. The molecule has 0 saturated carbocycles. The molecule has 1 N–H and O–H groups in total. The first kappa shape index (κ1) is 23.5. The third-order valence-corrected chi connectivity index (χ3v) is 6.98. The fraction of sp³-hybridized carbons (Fsp3) is 0.152. The van der Waals surface area contributed by atoms with Gasteiger partial charge in [-0.25, -0.2) is 5.53 Å². The van der Waals surface area contributed by atoms with E-state index >= 15 is 0 Å². The molecule has 178 valence electrons. The third-order valence-electron chi connectivity index (χ3n) is 6.98. The summed E-state index contributed by atoms with van der Waals surface area (Å²) in [7, 11) is 0. The lowest BCUT2D eigenvalue weighted by atomic mass is 9.90. The zero-order chi connectivity index (χ0) is 25.1. The maximum atomic E-state index is 8.02. The van der Waals surface area contributed by atoms with Crippen molar-refractivity contribution in [2.75, 3.05) is 0 Å². The molecule has 0 saturated heterocycles. The fourth-order valence-electron chi connectivity index (χ4n) is 5.20. The van der Waals surface area contributed by atoms with E-state index in [0.29, 0.717) is 6.42 Å². The number of aryl methyl sites for hydroxylation is 2. The standard InChI is InChI=1S/C33H31N3/c1-23-10-9-11-24(2)33(23)36-19-18-28-21-27(16-17-32(28)36)22-31(35-34)30-15-8-7-14-29(30)25(3)20-26-12-5-4-6-13-26/h4-19,21,31,34H,3,20,22H2,1-2H3. The van der Waals surface area contributed by atoms with Gasteiger partial charge in [0, 0.05) is 18.0 Å². The summed E-state index contributed by atoms with van der Waals surface area (Å²) in [6.07, 6.45) is 3.60. The van der Waals surface area contributed by atoms with E-state index in [1.165, 1.54) is 38.8 Å². The minimum absolute atomic E-state index is 0.258. The van der Waals surface area contributed by atoms with Crippen molar-refractivity contribution in [1.29, 1.82) is 5.53 Å². The Morgan fingerprint density at radius 3 is 2.31 bits per heavy atom. The van der Waals surface area contributed by atoms with Gasteiger partial charge in [0.15, 0.2) is 0 Å². The van der Waals surface area contributed by atoms with E-state index in [1.54, 1.807) is 0 Å². The van der Waals surface area contributed by atoms with E-state index in [1.807, 2.05) is 18.2 Å². The first-order chi connectivity index (χ1) is 17.5. The summed E-state index contributed by atoms with van der Waals surface area (Å²) < 4.78 is 2.28. The Balaban J connectivity index is 1.43. The molecule has 1 heterocycles. The van der Waals surface area contributed by atoms with Crippen molar-refractivity contribution >= 4 is 16.5 Å². The van der Waals surface area contributed by atoms with E-state index in [2.05, 4.69) is 115 Å². The lowest BCUT2D eigenvalue weighted by Gasteiger charge is -2.18. The summed E-state index contributed by atoms with van der Waals surface area (Å²) in [5.74, 6) is 0. The lowest BCUT2D eigenvalue weighted by molar-refractivity contribution is 0.661. The molecule has 1 aromatic heterocycles.